The highest BCUT2D eigenvalue weighted by Crippen LogP contribution is 2.36. The van der Waals surface area contributed by atoms with Gasteiger partial charge in [0.15, 0.2) is 0 Å². The van der Waals surface area contributed by atoms with Gasteiger partial charge in [0, 0.05) is 19.0 Å². The summed E-state index contributed by atoms with van der Waals surface area (Å²) in [5.41, 5.74) is 0.587. The molecule has 7 heteroatoms. The highest BCUT2D eigenvalue weighted by atomic mass is 19.4. The van der Waals surface area contributed by atoms with Crippen molar-refractivity contribution >= 4 is 0 Å². The van der Waals surface area contributed by atoms with Gasteiger partial charge >= 0.3 is 6.18 Å². The Labute approximate surface area is 202 Å². The Morgan fingerprint density at radius 2 is 1.26 bits per heavy atom. The van der Waals surface area contributed by atoms with Crippen molar-refractivity contribution in [1.29, 1.82) is 0 Å². The fourth-order valence-electron chi connectivity index (χ4n) is 4.84. The highest BCUT2D eigenvalue weighted by molar-refractivity contribution is 5.33. The van der Waals surface area contributed by atoms with Gasteiger partial charge in [-0.3, -0.25) is 0 Å². The van der Waals surface area contributed by atoms with Crippen molar-refractivity contribution in [1.82, 2.24) is 4.90 Å². The number of rotatable bonds is 7. The molecule has 2 nitrogen and oxygen atoms in total. The molecular weight excluding hydrogens is 461 g/mol. The third-order valence-electron chi connectivity index (χ3n) is 6.94. The van der Waals surface area contributed by atoms with Crippen molar-refractivity contribution in [2.45, 2.75) is 43.4 Å². The topological polar surface area (TPSA) is 23.5 Å². The average Bonchev–Trinajstić information content (AvgIpc) is 2.84. The van der Waals surface area contributed by atoms with Gasteiger partial charge in [-0.15, -0.1) is 0 Å². The van der Waals surface area contributed by atoms with Gasteiger partial charge in [0.05, 0.1) is 11.2 Å². The van der Waals surface area contributed by atoms with Crippen LogP contribution in [-0.2, 0) is 11.8 Å². The minimum absolute atomic E-state index is 0.00469. The SMILES string of the molecule is OC1(c2ccc(C(F)(F)F)cc2)CCN(CCCC(c2ccc(F)cc2)c2ccc(F)cc2)CC1. The van der Waals surface area contributed by atoms with Crippen LogP contribution in [0, 0.1) is 11.6 Å². The minimum atomic E-state index is -4.40. The van der Waals surface area contributed by atoms with Crippen LogP contribution in [0.2, 0.25) is 0 Å². The summed E-state index contributed by atoms with van der Waals surface area (Å²) in [6, 6.07) is 17.5. The summed E-state index contributed by atoms with van der Waals surface area (Å²) in [6.07, 6.45) is -1.88. The van der Waals surface area contributed by atoms with Crippen molar-refractivity contribution in [3.63, 3.8) is 0 Å². The molecule has 1 aliphatic rings. The summed E-state index contributed by atoms with van der Waals surface area (Å²) in [6.45, 7) is 2.06. The first-order valence-electron chi connectivity index (χ1n) is 11.8. The molecule has 3 aromatic carbocycles. The van der Waals surface area contributed by atoms with Crippen LogP contribution in [0.25, 0.3) is 0 Å². The molecule has 1 saturated heterocycles. The number of alkyl halides is 3. The van der Waals surface area contributed by atoms with Gasteiger partial charge in [0.2, 0.25) is 0 Å². The van der Waals surface area contributed by atoms with E-state index in [4.69, 9.17) is 0 Å². The molecule has 4 rings (SSSR count). The number of likely N-dealkylation sites (tertiary alicyclic amines) is 1. The lowest BCUT2D eigenvalue weighted by molar-refractivity contribution is -0.137. The molecule has 0 bridgehead atoms. The van der Waals surface area contributed by atoms with Gasteiger partial charge in [-0.25, -0.2) is 8.78 Å². The van der Waals surface area contributed by atoms with Gasteiger partial charge < -0.3 is 10.0 Å². The number of aliphatic hydroxyl groups is 1. The molecule has 1 aliphatic heterocycles. The Hall–Kier alpha value is -2.77. The normalized spacial score (nSPS) is 16.5. The number of benzene rings is 3. The van der Waals surface area contributed by atoms with Crippen molar-refractivity contribution in [3.05, 3.63) is 107 Å². The van der Waals surface area contributed by atoms with Crippen molar-refractivity contribution < 1.29 is 27.1 Å². The summed E-state index contributed by atoms with van der Waals surface area (Å²) >= 11 is 0. The van der Waals surface area contributed by atoms with Gasteiger partial charge in [-0.05, 0) is 85.3 Å². The van der Waals surface area contributed by atoms with E-state index in [1.807, 2.05) is 0 Å². The monoisotopic (exact) mass is 489 g/mol. The van der Waals surface area contributed by atoms with E-state index in [9.17, 15) is 27.1 Å². The van der Waals surface area contributed by atoms with Crippen LogP contribution in [0.3, 0.4) is 0 Å². The maximum Gasteiger partial charge on any atom is 0.416 e. The molecule has 186 valence electrons. The lowest BCUT2D eigenvalue weighted by atomic mass is 9.83. The molecule has 0 aromatic heterocycles. The Kier molecular flexibility index (Phi) is 7.57. The van der Waals surface area contributed by atoms with E-state index in [0.29, 0.717) is 31.5 Å². The summed E-state index contributed by atoms with van der Waals surface area (Å²) in [4.78, 5) is 2.24. The van der Waals surface area contributed by atoms with Crippen molar-refractivity contribution in [3.8, 4) is 0 Å². The quantitative estimate of drug-likeness (QED) is 0.366. The Morgan fingerprint density at radius 3 is 1.71 bits per heavy atom. The smallest absolute Gasteiger partial charge is 0.385 e. The summed E-state index contributed by atoms with van der Waals surface area (Å²) in [5, 5.41) is 11.0. The van der Waals surface area contributed by atoms with Crippen molar-refractivity contribution in [2.24, 2.45) is 0 Å². The predicted molar refractivity (Wildman–Crippen MR) is 125 cm³/mol. The summed E-state index contributed by atoms with van der Waals surface area (Å²) < 4.78 is 65.4. The first kappa shape index (κ1) is 25.3. The molecule has 0 atom stereocenters. The molecule has 0 aliphatic carbocycles. The third kappa shape index (κ3) is 6.27. The lowest BCUT2D eigenvalue weighted by Crippen LogP contribution is -2.42. The molecule has 0 saturated carbocycles. The summed E-state index contributed by atoms with van der Waals surface area (Å²) in [5.74, 6) is -0.606. The van der Waals surface area contributed by atoms with E-state index in [1.165, 1.54) is 36.4 Å². The second kappa shape index (κ2) is 10.5. The summed E-state index contributed by atoms with van der Waals surface area (Å²) in [7, 11) is 0. The Balaban J connectivity index is 1.34. The van der Waals surface area contributed by atoms with Crippen LogP contribution < -0.4 is 0 Å². The van der Waals surface area contributed by atoms with Crippen LogP contribution in [0.5, 0.6) is 0 Å². The minimum Gasteiger partial charge on any atom is -0.385 e. The standard InChI is InChI=1S/C28H28F5NO/c29-24-11-3-20(4-12-24)26(21-5-13-25(30)14-6-21)2-1-17-34-18-15-27(35,16-19-34)22-7-9-23(10-8-22)28(31,32)33/h3-14,26,35H,1-2,15-19H2. The number of piperidine rings is 1. The van der Waals surface area contributed by atoms with Gasteiger partial charge in [0.1, 0.15) is 11.6 Å². The van der Waals surface area contributed by atoms with E-state index >= 15 is 0 Å². The van der Waals surface area contributed by atoms with Gasteiger partial charge in [0.25, 0.3) is 0 Å². The van der Waals surface area contributed by atoms with E-state index in [-0.39, 0.29) is 17.6 Å². The number of halogens is 5. The molecule has 1 fully saturated rings. The number of hydrogen-bond acceptors (Lipinski definition) is 2. The first-order chi connectivity index (χ1) is 16.6. The zero-order valence-electron chi connectivity index (χ0n) is 19.2. The van der Waals surface area contributed by atoms with Gasteiger partial charge in [-0.1, -0.05) is 36.4 Å². The first-order valence-corrected chi connectivity index (χ1v) is 11.8. The van der Waals surface area contributed by atoms with E-state index in [2.05, 4.69) is 4.90 Å². The number of nitrogens with zero attached hydrogens (tertiary/aromatic N) is 1. The molecule has 0 radical (unpaired) electrons. The highest BCUT2D eigenvalue weighted by Gasteiger charge is 2.35. The molecule has 1 N–H and O–H groups in total. The van der Waals surface area contributed by atoms with Gasteiger partial charge in [-0.2, -0.15) is 13.2 Å². The van der Waals surface area contributed by atoms with Crippen molar-refractivity contribution in [2.75, 3.05) is 19.6 Å². The molecule has 35 heavy (non-hydrogen) atoms. The second-order valence-electron chi connectivity index (χ2n) is 9.25. The molecule has 1 heterocycles. The van der Waals surface area contributed by atoms with Crippen LogP contribution in [0.4, 0.5) is 22.0 Å². The molecule has 0 spiro atoms. The van der Waals surface area contributed by atoms with E-state index in [1.54, 1.807) is 24.3 Å². The zero-order chi connectivity index (χ0) is 25.1. The molecule has 0 amide bonds. The maximum atomic E-state index is 13.4. The third-order valence-corrected chi connectivity index (χ3v) is 6.94. The average molecular weight is 490 g/mol. The maximum absolute atomic E-state index is 13.4. The molecular formula is C28H28F5NO. The number of hydrogen-bond donors (Lipinski definition) is 1. The molecule has 0 unspecified atom stereocenters. The van der Waals surface area contributed by atoms with E-state index < -0.39 is 17.3 Å². The fraction of sp³-hybridized carbons (Fsp3) is 0.357. The second-order valence-corrected chi connectivity index (χ2v) is 9.25. The Bertz CT molecular complexity index is 1040. The van der Waals surface area contributed by atoms with Crippen LogP contribution >= 0.6 is 0 Å². The Morgan fingerprint density at radius 1 is 0.771 bits per heavy atom. The van der Waals surface area contributed by atoms with Crippen LogP contribution in [0.15, 0.2) is 72.8 Å². The lowest BCUT2D eigenvalue weighted by Gasteiger charge is -2.38. The van der Waals surface area contributed by atoms with Crippen LogP contribution in [0.1, 0.15) is 53.9 Å². The molecule has 3 aromatic rings. The zero-order valence-corrected chi connectivity index (χ0v) is 19.2. The predicted octanol–water partition coefficient (Wildman–Crippen LogP) is 6.88. The van der Waals surface area contributed by atoms with Crippen LogP contribution in [-0.4, -0.2) is 29.6 Å². The fourth-order valence-corrected chi connectivity index (χ4v) is 4.84. The largest absolute Gasteiger partial charge is 0.416 e. The van der Waals surface area contributed by atoms with E-state index in [0.717, 1.165) is 42.6 Å².